The Bertz CT molecular complexity index is 1710. The molecule has 5 heterocycles. The Balaban J connectivity index is 1.14. The molecule has 0 bridgehead atoms. The normalized spacial score (nSPS) is 17.1. The van der Waals surface area contributed by atoms with Crippen LogP contribution in [0.5, 0.6) is 0 Å². The average Bonchev–Trinajstić information content (AvgIpc) is 3.76. The van der Waals surface area contributed by atoms with E-state index in [1.807, 2.05) is 12.3 Å². The number of nitrogens with one attached hydrogen (secondary N) is 2. The first-order chi connectivity index (χ1) is 19.7. The van der Waals surface area contributed by atoms with Gasteiger partial charge in [0, 0.05) is 53.2 Å². The molecular weight excluding hydrogens is 496 g/mol. The van der Waals surface area contributed by atoms with Crippen molar-refractivity contribution in [1.29, 1.82) is 5.26 Å². The zero-order valence-corrected chi connectivity index (χ0v) is 22.9. The van der Waals surface area contributed by atoms with Gasteiger partial charge in [-0.15, -0.1) is 0 Å². The molecule has 7 heteroatoms. The van der Waals surface area contributed by atoms with Crippen LogP contribution in [0.25, 0.3) is 33.2 Å². The molecule has 0 amide bonds. The van der Waals surface area contributed by atoms with Crippen molar-refractivity contribution in [3.63, 3.8) is 0 Å². The second-order valence-corrected chi connectivity index (χ2v) is 11.3. The van der Waals surface area contributed by atoms with Crippen LogP contribution in [0.2, 0.25) is 0 Å². The molecule has 2 fully saturated rings. The third kappa shape index (κ3) is 4.64. The fraction of sp³-hybridized carbons (Fsp3) is 0.333. The lowest BCUT2D eigenvalue weighted by Gasteiger charge is -2.36. The monoisotopic (exact) mass is 530 g/mol. The number of hydrogen-bond donors (Lipinski definition) is 2. The number of hydrogen-bond acceptors (Lipinski definition) is 6. The van der Waals surface area contributed by atoms with Gasteiger partial charge in [-0.2, -0.15) is 5.26 Å². The van der Waals surface area contributed by atoms with E-state index in [0.29, 0.717) is 17.0 Å². The molecule has 0 atom stereocenters. The van der Waals surface area contributed by atoms with Crippen molar-refractivity contribution < 1.29 is 4.42 Å². The Morgan fingerprint density at radius 2 is 1.90 bits per heavy atom. The molecule has 5 aromatic rings. The summed E-state index contributed by atoms with van der Waals surface area (Å²) in [6, 6.07) is 17.8. The number of anilines is 2. The van der Waals surface area contributed by atoms with E-state index in [2.05, 4.69) is 74.5 Å². The lowest BCUT2D eigenvalue weighted by Crippen LogP contribution is -2.43. The first-order valence-corrected chi connectivity index (χ1v) is 14.4. The molecule has 7 nitrogen and oxygen atoms in total. The third-order valence-electron chi connectivity index (χ3n) is 8.80. The van der Waals surface area contributed by atoms with E-state index in [0.717, 1.165) is 64.4 Å². The molecule has 2 N–H and O–H groups in total. The number of benzene rings is 2. The molecule has 2 aromatic carbocycles. The van der Waals surface area contributed by atoms with Gasteiger partial charge in [0.1, 0.15) is 17.4 Å². The molecule has 2 aliphatic rings. The Morgan fingerprint density at radius 3 is 2.73 bits per heavy atom. The summed E-state index contributed by atoms with van der Waals surface area (Å²) in [5.41, 5.74) is 7.24. The number of nitriles is 1. The molecule has 0 radical (unpaired) electrons. The number of H-pyrrole nitrogens is 1. The van der Waals surface area contributed by atoms with Gasteiger partial charge in [-0.1, -0.05) is 6.07 Å². The quantitative estimate of drug-likeness (QED) is 0.247. The predicted molar refractivity (Wildman–Crippen MR) is 160 cm³/mol. The maximum Gasteiger partial charge on any atom is 0.139 e. The molecule has 202 valence electrons. The van der Waals surface area contributed by atoms with Crippen LogP contribution >= 0.6 is 0 Å². The van der Waals surface area contributed by atoms with Crippen LogP contribution in [-0.4, -0.2) is 52.0 Å². The van der Waals surface area contributed by atoms with Gasteiger partial charge in [-0.25, -0.2) is 0 Å². The minimum Gasteiger partial charge on any atom is -0.456 e. The van der Waals surface area contributed by atoms with Crippen LogP contribution in [0.1, 0.15) is 42.4 Å². The number of fused-ring (bicyclic) bond motifs is 2. The standard InChI is InChI=1S/C33H34N6O/c1-22-27-8-11-36-30(27)6-5-29(22)37-33-25(18-34)19-35-20-28(33)32-17-24-16-23(4-7-31(24)40-32)21-38-14-9-26(10-15-38)39-12-2-3-13-39/h4-8,11,16-17,19-20,26,36H,2-3,9-10,12-15,21H2,1H3,(H,35,37). The largest absolute Gasteiger partial charge is 0.456 e. The van der Waals surface area contributed by atoms with E-state index in [4.69, 9.17) is 4.42 Å². The van der Waals surface area contributed by atoms with Crippen molar-refractivity contribution in [1.82, 2.24) is 19.8 Å². The smallest absolute Gasteiger partial charge is 0.139 e. The zero-order valence-electron chi connectivity index (χ0n) is 22.9. The number of furan rings is 1. The van der Waals surface area contributed by atoms with Crippen molar-refractivity contribution in [2.24, 2.45) is 0 Å². The van der Waals surface area contributed by atoms with E-state index in [1.165, 1.54) is 44.3 Å². The predicted octanol–water partition coefficient (Wildman–Crippen LogP) is 6.96. The van der Waals surface area contributed by atoms with Crippen molar-refractivity contribution in [3.05, 3.63) is 77.7 Å². The lowest BCUT2D eigenvalue weighted by molar-refractivity contribution is 0.122. The highest BCUT2D eigenvalue weighted by atomic mass is 16.3. The van der Waals surface area contributed by atoms with E-state index >= 15 is 0 Å². The van der Waals surface area contributed by atoms with Crippen molar-refractivity contribution >= 4 is 33.2 Å². The summed E-state index contributed by atoms with van der Waals surface area (Å²) in [6.07, 6.45) is 10.6. The summed E-state index contributed by atoms with van der Waals surface area (Å²) in [4.78, 5) is 12.9. The lowest BCUT2D eigenvalue weighted by atomic mass is 10.0. The SMILES string of the molecule is Cc1c(Nc2c(C#N)cncc2-c2cc3cc(CN4CCC(N5CCCC5)CC4)ccc3o2)ccc2[nH]ccc12. The van der Waals surface area contributed by atoms with Gasteiger partial charge in [0.25, 0.3) is 0 Å². The Hall–Kier alpha value is -4.12. The van der Waals surface area contributed by atoms with E-state index < -0.39 is 0 Å². The molecule has 3 aromatic heterocycles. The second-order valence-electron chi connectivity index (χ2n) is 11.3. The van der Waals surface area contributed by atoms with Gasteiger partial charge in [-0.3, -0.25) is 9.88 Å². The van der Waals surface area contributed by atoms with Gasteiger partial charge in [0.2, 0.25) is 0 Å². The van der Waals surface area contributed by atoms with Crippen LogP contribution in [0, 0.1) is 18.3 Å². The topological polar surface area (TPSA) is 84.1 Å². The molecule has 2 aliphatic heterocycles. The molecule has 0 unspecified atom stereocenters. The van der Waals surface area contributed by atoms with Gasteiger partial charge < -0.3 is 19.6 Å². The van der Waals surface area contributed by atoms with Crippen LogP contribution < -0.4 is 5.32 Å². The van der Waals surface area contributed by atoms with E-state index in [9.17, 15) is 5.26 Å². The van der Waals surface area contributed by atoms with E-state index in [-0.39, 0.29) is 0 Å². The minimum absolute atomic E-state index is 0.476. The molecule has 7 rings (SSSR count). The number of rotatable bonds is 6. The summed E-state index contributed by atoms with van der Waals surface area (Å²) in [7, 11) is 0. The molecule has 0 saturated carbocycles. The summed E-state index contributed by atoms with van der Waals surface area (Å²) in [6.45, 7) is 7.94. The number of aromatic amines is 1. The summed E-state index contributed by atoms with van der Waals surface area (Å²) in [5, 5.41) is 15.7. The third-order valence-corrected chi connectivity index (χ3v) is 8.80. The zero-order chi connectivity index (χ0) is 27.1. The maximum absolute atomic E-state index is 9.91. The molecular formula is C33H34N6O. The Morgan fingerprint density at radius 1 is 1.05 bits per heavy atom. The number of piperidine rings is 1. The average molecular weight is 531 g/mol. The highest BCUT2D eigenvalue weighted by Gasteiger charge is 2.26. The summed E-state index contributed by atoms with van der Waals surface area (Å²) < 4.78 is 6.32. The number of nitrogens with zero attached hydrogens (tertiary/aromatic N) is 4. The first-order valence-electron chi connectivity index (χ1n) is 14.4. The number of pyridine rings is 1. The number of likely N-dealkylation sites (tertiary alicyclic amines) is 2. The highest BCUT2D eigenvalue weighted by Crippen LogP contribution is 2.37. The molecule has 40 heavy (non-hydrogen) atoms. The highest BCUT2D eigenvalue weighted by molar-refractivity contribution is 5.92. The van der Waals surface area contributed by atoms with Gasteiger partial charge >= 0.3 is 0 Å². The fourth-order valence-corrected chi connectivity index (χ4v) is 6.55. The van der Waals surface area contributed by atoms with Crippen molar-refractivity contribution in [3.8, 4) is 17.4 Å². The second kappa shape index (κ2) is 10.5. The van der Waals surface area contributed by atoms with Crippen LogP contribution in [0.15, 0.2) is 65.5 Å². The van der Waals surface area contributed by atoms with Crippen LogP contribution in [-0.2, 0) is 6.54 Å². The molecule has 2 saturated heterocycles. The Labute approximate surface area is 234 Å². The van der Waals surface area contributed by atoms with Gasteiger partial charge in [0.05, 0.1) is 16.8 Å². The fourth-order valence-electron chi connectivity index (χ4n) is 6.55. The van der Waals surface area contributed by atoms with Crippen molar-refractivity contribution in [2.45, 2.75) is 45.2 Å². The Kier molecular flexibility index (Phi) is 6.51. The van der Waals surface area contributed by atoms with Gasteiger partial charge in [-0.05, 0) is 106 Å². The first kappa shape index (κ1) is 24.9. The van der Waals surface area contributed by atoms with Crippen LogP contribution in [0.4, 0.5) is 11.4 Å². The van der Waals surface area contributed by atoms with Crippen molar-refractivity contribution in [2.75, 3.05) is 31.5 Å². The summed E-state index contributed by atoms with van der Waals surface area (Å²) >= 11 is 0. The molecule has 0 spiro atoms. The number of aromatic nitrogens is 2. The number of aryl methyl sites for hydroxylation is 1. The van der Waals surface area contributed by atoms with Crippen LogP contribution in [0.3, 0.4) is 0 Å². The van der Waals surface area contributed by atoms with E-state index in [1.54, 1.807) is 12.4 Å². The summed E-state index contributed by atoms with van der Waals surface area (Å²) in [5.74, 6) is 0.700. The maximum atomic E-state index is 9.91. The minimum atomic E-state index is 0.476. The molecule has 0 aliphatic carbocycles. The van der Waals surface area contributed by atoms with Gasteiger partial charge in [0.15, 0.2) is 0 Å².